The Morgan fingerprint density at radius 2 is 1.82 bits per heavy atom. The molecular weight excluding hydrogens is 356 g/mol. The van der Waals surface area contributed by atoms with E-state index in [-0.39, 0.29) is 29.9 Å². The first-order chi connectivity index (χ1) is 13.2. The molecule has 0 aliphatic heterocycles. The third-order valence-corrected chi connectivity index (χ3v) is 4.98. The second-order valence-electron chi connectivity index (χ2n) is 7.33. The van der Waals surface area contributed by atoms with Crippen LogP contribution in [0.15, 0.2) is 24.3 Å². The van der Waals surface area contributed by atoms with Crippen LogP contribution in [0.1, 0.15) is 64.6 Å². The van der Waals surface area contributed by atoms with Gasteiger partial charge in [0.1, 0.15) is 5.78 Å². The van der Waals surface area contributed by atoms with Gasteiger partial charge in [-0.1, -0.05) is 52.0 Å². The van der Waals surface area contributed by atoms with Crippen LogP contribution >= 0.6 is 0 Å². The van der Waals surface area contributed by atoms with Crippen LogP contribution in [0.4, 0.5) is 4.79 Å². The van der Waals surface area contributed by atoms with Crippen molar-refractivity contribution < 1.29 is 19.1 Å². The first-order valence-electron chi connectivity index (χ1n) is 9.96. The van der Waals surface area contributed by atoms with Crippen molar-refractivity contribution in [1.82, 2.24) is 10.2 Å². The van der Waals surface area contributed by atoms with E-state index in [1.807, 2.05) is 52.0 Å². The van der Waals surface area contributed by atoms with Gasteiger partial charge in [-0.25, -0.2) is 4.79 Å². The van der Waals surface area contributed by atoms with Crippen molar-refractivity contribution in [2.75, 3.05) is 13.7 Å². The number of rotatable bonds is 11. The number of methoxy groups -OCH3 is 1. The highest BCUT2D eigenvalue weighted by Gasteiger charge is 2.23. The highest BCUT2D eigenvalue weighted by Crippen LogP contribution is 2.21. The number of ether oxygens (including phenoxy) is 1. The predicted octanol–water partition coefficient (Wildman–Crippen LogP) is 3.89. The molecule has 2 unspecified atom stereocenters. The molecule has 1 amide bonds. The Morgan fingerprint density at radius 1 is 1.14 bits per heavy atom. The number of likely N-dealkylation sites (N-methyl/N-ethyl adjacent to an activating group) is 1. The summed E-state index contributed by atoms with van der Waals surface area (Å²) >= 11 is 0. The van der Waals surface area contributed by atoms with E-state index >= 15 is 0 Å². The topological polar surface area (TPSA) is 75.7 Å². The van der Waals surface area contributed by atoms with Gasteiger partial charge in [-0.2, -0.15) is 0 Å². The zero-order chi connectivity index (χ0) is 21.3. The molecular formula is C22H34N2O4. The zero-order valence-electron chi connectivity index (χ0n) is 18.0. The van der Waals surface area contributed by atoms with E-state index in [0.717, 1.165) is 17.7 Å². The Morgan fingerprint density at radius 3 is 2.36 bits per heavy atom. The van der Waals surface area contributed by atoms with Gasteiger partial charge in [0.05, 0.1) is 19.2 Å². The number of nitrogens with one attached hydrogen (secondary N) is 1. The van der Waals surface area contributed by atoms with Crippen molar-refractivity contribution in [3.63, 3.8) is 0 Å². The number of hydrogen-bond acceptors (Lipinski definition) is 5. The minimum Gasteiger partial charge on any atom is -0.453 e. The molecule has 6 nitrogen and oxygen atoms in total. The standard InChI is InChI=1S/C22H34N2O4/c1-7-19(25)13-20(23-22(27)28-6)18-11-9-10-17(12-18)14-24(8-2)16(5)21(26)15(3)4/h9-12,15-16,20H,7-8,13-14H2,1-6H3,(H,23,27). The number of carbonyl (C=O) groups excluding carboxylic acids is 3. The molecule has 156 valence electrons. The molecule has 0 aromatic heterocycles. The lowest BCUT2D eigenvalue weighted by atomic mass is 9.97. The Hall–Kier alpha value is -2.21. The first kappa shape index (κ1) is 23.8. The fourth-order valence-electron chi connectivity index (χ4n) is 3.15. The van der Waals surface area contributed by atoms with Gasteiger partial charge in [-0.3, -0.25) is 14.5 Å². The number of hydrogen-bond donors (Lipinski definition) is 1. The molecule has 0 spiro atoms. The van der Waals surface area contributed by atoms with Crippen molar-refractivity contribution in [2.24, 2.45) is 5.92 Å². The summed E-state index contributed by atoms with van der Waals surface area (Å²) in [5.41, 5.74) is 1.88. The Bertz CT molecular complexity index is 654. The van der Waals surface area contributed by atoms with Gasteiger partial charge in [0, 0.05) is 25.3 Å². The van der Waals surface area contributed by atoms with E-state index in [9.17, 15) is 14.4 Å². The minimum absolute atomic E-state index is 0.0101. The molecule has 1 rings (SSSR count). The molecule has 1 aromatic carbocycles. The van der Waals surface area contributed by atoms with Crippen LogP contribution in [-0.4, -0.2) is 42.3 Å². The van der Waals surface area contributed by atoms with Gasteiger partial charge in [0.25, 0.3) is 0 Å². The number of amides is 1. The quantitative estimate of drug-likeness (QED) is 0.620. The third kappa shape index (κ3) is 7.08. The minimum atomic E-state index is -0.564. The molecule has 0 radical (unpaired) electrons. The summed E-state index contributed by atoms with van der Waals surface area (Å²) in [6.45, 7) is 11.0. The molecule has 2 atom stereocenters. The summed E-state index contributed by atoms with van der Waals surface area (Å²) in [5, 5.41) is 2.75. The lowest BCUT2D eigenvalue weighted by Gasteiger charge is -2.28. The molecule has 0 aliphatic rings. The fourth-order valence-corrected chi connectivity index (χ4v) is 3.15. The SMILES string of the molecule is CCC(=O)CC(NC(=O)OC)c1cccc(CN(CC)C(C)C(=O)C(C)C)c1. The average molecular weight is 391 g/mol. The van der Waals surface area contributed by atoms with Gasteiger partial charge >= 0.3 is 6.09 Å². The van der Waals surface area contributed by atoms with Crippen molar-refractivity contribution in [2.45, 2.75) is 66.1 Å². The van der Waals surface area contributed by atoms with E-state index in [0.29, 0.717) is 13.0 Å². The third-order valence-electron chi connectivity index (χ3n) is 4.98. The van der Waals surface area contributed by atoms with Crippen LogP contribution in [0.25, 0.3) is 0 Å². The Kier molecular flexibility index (Phi) is 9.87. The zero-order valence-corrected chi connectivity index (χ0v) is 18.0. The van der Waals surface area contributed by atoms with E-state index in [4.69, 9.17) is 4.74 Å². The van der Waals surface area contributed by atoms with Gasteiger partial charge in [0.2, 0.25) is 0 Å². The van der Waals surface area contributed by atoms with Crippen LogP contribution < -0.4 is 5.32 Å². The Labute approximate surface area is 168 Å². The molecule has 0 saturated heterocycles. The predicted molar refractivity (Wildman–Crippen MR) is 110 cm³/mol. The lowest BCUT2D eigenvalue weighted by Crippen LogP contribution is -2.40. The smallest absolute Gasteiger partial charge is 0.407 e. The summed E-state index contributed by atoms with van der Waals surface area (Å²) in [7, 11) is 1.30. The normalized spacial score (nSPS) is 13.3. The van der Waals surface area contributed by atoms with Gasteiger partial charge in [0.15, 0.2) is 5.78 Å². The molecule has 28 heavy (non-hydrogen) atoms. The number of benzene rings is 1. The maximum atomic E-state index is 12.4. The van der Waals surface area contributed by atoms with E-state index in [2.05, 4.69) is 10.2 Å². The van der Waals surface area contributed by atoms with Crippen molar-refractivity contribution in [3.8, 4) is 0 Å². The van der Waals surface area contributed by atoms with E-state index < -0.39 is 12.1 Å². The number of alkyl carbamates (subject to hydrolysis) is 1. The van der Waals surface area contributed by atoms with Crippen LogP contribution in [0.3, 0.4) is 0 Å². The Balaban J connectivity index is 3.04. The van der Waals surface area contributed by atoms with Crippen LogP contribution in [0.2, 0.25) is 0 Å². The number of carbonyl (C=O) groups is 3. The summed E-state index contributed by atoms with van der Waals surface area (Å²) in [5.74, 6) is 0.277. The molecule has 0 fully saturated rings. The highest BCUT2D eigenvalue weighted by molar-refractivity contribution is 5.85. The average Bonchev–Trinajstić information content (AvgIpc) is 2.70. The number of Topliss-reactive ketones (excluding diaryl/α,β-unsaturated/α-hetero) is 2. The van der Waals surface area contributed by atoms with Crippen LogP contribution in [0.5, 0.6) is 0 Å². The van der Waals surface area contributed by atoms with Crippen molar-refractivity contribution >= 4 is 17.7 Å². The lowest BCUT2D eigenvalue weighted by molar-refractivity contribution is -0.126. The number of nitrogens with zero attached hydrogens (tertiary/aromatic N) is 1. The fraction of sp³-hybridized carbons (Fsp3) is 0.591. The van der Waals surface area contributed by atoms with Gasteiger partial charge < -0.3 is 10.1 Å². The summed E-state index contributed by atoms with van der Waals surface area (Å²) in [6.07, 6.45) is 0.0670. The molecule has 1 aromatic rings. The van der Waals surface area contributed by atoms with Crippen LogP contribution in [0, 0.1) is 5.92 Å². The maximum Gasteiger partial charge on any atom is 0.407 e. The molecule has 0 bridgehead atoms. The number of ketones is 2. The van der Waals surface area contributed by atoms with Gasteiger partial charge in [-0.05, 0) is 24.6 Å². The van der Waals surface area contributed by atoms with Crippen molar-refractivity contribution in [3.05, 3.63) is 35.4 Å². The van der Waals surface area contributed by atoms with E-state index in [1.54, 1.807) is 6.92 Å². The maximum absolute atomic E-state index is 12.4. The summed E-state index contributed by atoms with van der Waals surface area (Å²) in [6, 6.07) is 7.18. The van der Waals surface area contributed by atoms with Gasteiger partial charge in [-0.15, -0.1) is 0 Å². The highest BCUT2D eigenvalue weighted by atomic mass is 16.5. The molecule has 6 heteroatoms. The molecule has 0 saturated carbocycles. The van der Waals surface area contributed by atoms with Crippen molar-refractivity contribution in [1.29, 1.82) is 0 Å². The second-order valence-corrected chi connectivity index (χ2v) is 7.33. The largest absolute Gasteiger partial charge is 0.453 e. The summed E-state index contributed by atoms with van der Waals surface area (Å²) in [4.78, 5) is 38.2. The second kappa shape index (κ2) is 11.6. The van der Waals surface area contributed by atoms with E-state index in [1.165, 1.54) is 7.11 Å². The molecule has 1 N–H and O–H groups in total. The van der Waals surface area contributed by atoms with Crippen LogP contribution in [-0.2, 0) is 20.9 Å². The monoisotopic (exact) mass is 390 g/mol. The first-order valence-corrected chi connectivity index (χ1v) is 9.96. The molecule has 0 heterocycles. The summed E-state index contributed by atoms with van der Waals surface area (Å²) < 4.78 is 4.70. The molecule has 0 aliphatic carbocycles.